The van der Waals surface area contributed by atoms with Gasteiger partial charge in [-0.05, 0) is 67.1 Å². The first-order chi connectivity index (χ1) is 12.8. The van der Waals surface area contributed by atoms with Gasteiger partial charge in [-0.15, -0.1) is 12.8 Å². The average molecular weight is 373 g/mol. The van der Waals surface area contributed by atoms with Gasteiger partial charge in [-0.2, -0.15) is 13.2 Å². The normalized spacial score (nSPS) is 11.1. The third kappa shape index (κ3) is 6.86. The Labute approximate surface area is 160 Å². The number of hydrogen-bond acceptors (Lipinski definition) is 1. The van der Waals surface area contributed by atoms with Crippen molar-refractivity contribution in [2.75, 3.05) is 11.9 Å². The first-order valence-electron chi connectivity index (χ1n) is 8.82. The van der Waals surface area contributed by atoms with Crippen LogP contribution in [0.5, 0.6) is 0 Å². The Kier molecular flexibility index (Phi) is 8.68. The van der Waals surface area contributed by atoms with Crippen molar-refractivity contribution in [2.45, 2.75) is 39.8 Å². The highest BCUT2D eigenvalue weighted by atomic mass is 19.4. The topological polar surface area (TPSA) is 12.0 Å². The number of nitrogens with one attached hydrogen (secondary N) is 1. The van der Waals surface area contributed by atoms with Crippen LogP contribution in [0.1, 0.15) is 41.2 Å². The minimum atomic E-state index is -4.32. The zero-order valence-electron chi connectivity index (χ0n) is 16.0. The number of rotatable bonds is 6. The summed E-state index contributed by atoms with van der Waals surface area (Å²) in [5, 5.41) is 3.21. The number of alkyl halides is 3. The van der Waals surface area contributed by atoms with Gasteiger partial charge in [-0.25, -0.2) is 0 Å². The van der Waals surface area contributed by atoms with Gasteiger partial charge in [0, 0.05) is 12.2 Å². The predicted molar refractivity (Wildman–Crippen MR) is 109 cm³/mol. The zero-order chi connectivity index (χ0) is 20.4. The van der Waals surface area contributed by atoms with Crippen molar-refractivity contribution in [3.8, 4) is 12.8 Å². The molecule has 0 bridgehead atoms. The minimum absolute atomic E-state index is 0.447. The molecule has 2 aromatic rings. The molecule has 2 aromatic carbocycles. The average Bonchev–Trinajstić information content (AvgIpc) is 2.64. The van der Waals surface area contributed by atoms with E-state index in [9.17, 15) is 13.2 Å². The highest BCUT2D eigenvalue weighted by Gasteiger charge is 2.30. The van der Waals surface area contributed by atoms with E-state index in [1.165, 1.54) is 23.3 Å². The van der Waals surface area contributed by atoms with Crippen molar-refractivity contribution < 1.29 is 13.2 Å². The molecule has 0 heterocycles. The van der Waals surface area contributed by atoms with E-state index in [0.717, 1.165) is 30.3 Å². The van der Waals surface area contributed by atoms with Crippen LogP contribution >= 0.6 is 0 Å². The van der Waals surface area contributed by atoms with Gasteiger partial charge in [0.25, 0.3) is 0 Å². The van der Waals surface area contributed by atoms with E-state index in [-0.39, 0.29) is 0 Å². The lowest BCUT2D eigenvalue weighted by atomic mass is 10.0. The second-order valence-corrected chi connectivity index (χ2v) is 6.25. The first-order valence-corrected chi connectivity index (χ1v) is 8.82. The van der Waals surface area contributed by atoms with Gasteiger partial charge in [0.1, 0.15) is 0 Å². The molecule has 0 fully saturated rings. The summed E-state index contributed by atoms with van der Waals surface area (Å²) in [5.41, 5.74) is 4.29. The molecule has 0 unspecified atom stereocenters. The summed E-state index contributed by atoms with van der Waals surface area (Å²) in [6.07, 6.45) is 8.91. The van der Waals surface area contributed by atoms with Crippen molar-refractivity contribution in [3.63, 3.8) is 0 Å². The lowest BCUT2D eigenvalue weighted by Gasteiger charge is -2.14. The van der Waals surface area contributed by atoms with Crippen LogP contribution in [0.2, 0.25) is 0 Å². The fourth-order valence-corrected chi connectivity index (χ4v) is 2.56. The molecule has 27 heavy (non-hydrogen) atoms. The molecule has 1 N–H and O–H groups in total. The number of benzene rings is 2. The van der Waals surface area contributed by atoms with Crippen LogP contribution in [-0.4, -0.2) is 6.54 Å². The van der Waals surface area contributed by atoms with Crippen molar-refractivity contribution in [3.05, 3.63) is 70.3 Å². The maximum absolute atomic E-state index is 13.0. The van der Waals surface area contributed by atoms with Crippen LogP contribution in [0.25, 0.3) is 6.08 Å². The van der Waals surface area contributed by atoms with Gasteiger partial charge < -0.3 is 5.32 Å². The molecular weight excluding hydrogens is 347 g/mol. The van der Waals surface area contributed by atoms with Gasteiger partial charge in [0.15, 0.2) is 0 Å². The molecule has 1 nitrogen and oxygen atoms in total. The monoisotopic (exact) mass is 373 g/mol. The smallest absolute Gasteiger partial charge is 0.385 e. The van der Waals surface area contributed by atoms with Gasteiger partial charge >= 0.3 is 6.18 Å². The van der Waals surface area contributed by atoms with Crippen LogP contribution in [0.15, 0.2) is 42.5 Å². The molecule has 0 atom stereocenters. The summed E-state index contributed by atoms with van der Waals surface area (Å²) < 4.78 is 38.9. The van der Waals surface area contributed by atoms with Crippen LogP contribution < -0.4 is 5.32 Å². The van der Waals surface area contributed by atoms with Gasteiger partial charge in [0.05, 0.1) is 5.56 Å². The molecule has 0 amide bonds. The molecule has 0 spiro atoms. The van der Waals surface area contributed by atoms with E-state index in [2.05, 4.69) is 31.2 Å². The Bertz CT molecular complexity index is 786. The summed E-state index contributed by atoms with van der Waals surface area (Å²) in [6, 6.07) is 10.0. The fraction of sp³-hybridized carbons (Fsp3) is 0.304. The Morgan fingerprint density at radius 2 is 1.70 bits per heavy atom. The molecule has 144 valence electrons. The Morgan fingerprint density at radius 1 is 1.00 bits per heavy atom. The molecule has 0 radical (unpaired) electrons. The fourth-order valence-electron chi connectivity index (χ4n) is 2.56. The summed E-state index contributed by atoms with van der Waals surface area (Å²) >= 11 is 0. The highest BCUT2D eigenvalue weighted by Crippen LogP contribution is 2.32. The number of anilines is 1. The Balaban J connectivity index is 0.00000176. The molecule has 0 saturated heterocycles. The second-order valence-electron chi connectivity index (χ2n) is 6.25. The Morgan fingerprint density at radius 3 is 2.30 bits per heavy atom. The number of terminal acetylenes is 1. The molecular formula is C23H26F3N. The van der Waals surface area contributed by atoms with Crippen molar-refractivity contribution >= 4 is 11.8 Å². The maximum atomic E-state index is 13.0. The lowest BCUT2D eigenvalue weighted by molar-refractivity contribution is -0.137. The second kappa shape index (κ2) is 10.5. The third-order valence-corrected chi connectivity index (χ3v) is 4.18. The SMILES string of the molecule is C#C.CCCNc1ccc(C(F)(F)F)cc1C/C=C/c1ccc(C)c(C)c1. The standard InChI is InChI=1S/C21H24F3N.C2H2/c1-4-12-25-20-11-10-19(21(22,23)24)14-18(20)7-5-6-17-9-8-15(2)16(3)13-17;1-2/h5-6,8-11,13-14,25H,4,7,12H2,1-3H3;1-2H/b6-5+;. The van der Waals surface area contributed by atoms with E-state index >= 15 is 0 Å². The molecule has 4 heteroatoms. The van der Waals surface area contributed by atoms with Gasteiger partial charge in [0.2, 0.25) is 0 Å². The summed E-state index contributed by atoms with van der Waals surface area (Å²) in [6.45, 7) is 6.86. The van der Waals surface area contributed by atoms with Gasteiger partial charge in [-0.3, -0.25) is 0 Å². The summed E-state index contributed by atoms with van der Waals surface area (Å²) in [7, 11) is 0. The Hall–Kier alpha value is -2.67. The van der Waals surface area contributed by atoms with Crippen LogP contribution in [0.4, 0.5) is 18.9 Å². The molecule has 0 aliphatic heterocycles. The highest BCUT2D eigenvalue weighted by molar-refractivity contribution is 5.57. The van der Waals surface area contributed by atoms with Crippen LogP contribution in [-0.2, 0) is 12.6 Å². The number of halogens is 3. The van der Waals surface area contributed by atoms with Crippen molar-refractivity contribution in [1.82, 2.24) is 0 Å². The predicted octanol–water partition coefficient (Wildman–Crippen LogP) is 6.65. The molecule has 0 aliphatic rings. The number of hydrogen-bond donors (Lipinski definition) is 1. The van der Waals surface area contributed by atoms with Crippen molar-refractivity contribution in [1.29, 1.82) is 0 Å². The maximum Gasteiger partial charge on any atom is 0.416 e. The molecule has 2 rings (SSSR count). The molecule has 0 saturated carbocycles. The third-order valence-electron chi connectivity index (χ3n) is 4.18. The largest absolute Gasteiger partial charge is 0.416 e. The number of aryl methyl sites for hydroxylation is 2. The first kappa shape index (κ1) is 22.4. The van der Waals surface area contributed by atoms with E-state index in [1.807, 2.05) is 38.1 Å². The molecule has 0 aromatic heterocycles. The lowest BCUT2D eigenvalue weighted by Crippen LogP contribution is -2.08. The summed E-state index contributed by atoms with van der Waals surface area (Å²) in [5.74, 6) is 0. The van der Waals surface area contributed by atoms with E-state index < -0.39 is 11.7 Å². The van der Waals surface area contributed by atoms with Crippen molar-refractivity contribution in [2.24, 2.45) is 0 Å². The van der Waals surface area contributed by atoms with E-state index in [1.54, 1.807) is 0 Å². The van der Waals surface area contributed by atoms with Crippen LogP contribution in [0.3, 0.4) is 0 Å². The number of allylic oxidation sites excluding steroid dienone is 1. The summed E-state index contributed by atoms with van der Waals surface area (Å²) in [4.78, 5) is 0. The molecule has 0 aliphatic carbocycles. The quantitative estimate of drug-likeness (QED) is 0.559. The van der Waals surface area contributed by atoms with Gasteiger partial charge in [-0.1, -0.05) is 37.3 Å². The minimum Gasteiger partial charge on any atom is -0.385 e. The zero-order valence-corrected chi connectivity index (χ0v) is 16.0. The van der Waals surface area contributed by atoms with Crippen LogP contribution in [0, 0.1) is 26.7 Å². The van der Waals surface area contributed by atoms with E-state index in [4.69, 9.17) is 0 Å². The van der Waals surface area contributed by atoms with E-state index in [0.29, 0.717) is 12.0 Å².